The number of para-hydroxylation sites is 1. The van der Waals surface area contributed by atoms with E-state index in [1.54, 1.807) is 12.2 Å². The number of piperidine rings is 1. The summed E-state index contributed by atoms with van der Waals surface area (Å²) >= 11 is 0. The van der Waals surface area contributed by atoms with Gasteiger partial charge in [-0.15, -0.1) is 5.06 Å². The minimum Gasteiger partial charge on any atom is -0.496 e. The Labute approximate surface area is 247 Å². The summed E-state index contributed by atoms with van der Waals surface area (Å²) < 4.78 is 23.5. The van der Waals surface area contributed by atoms with Crippen LogP contribution in [0.3, 0.4) is 0 Å². The Morgan fingerprint density at radius 3 is 2.38 bits per heavy atom. The van der Waals surface area contributed by atoms with Crippen LogP contribution in [0.25, 0.3) is 10.8 Å². The Balaban J connectivity index is 1.26. The third kappa shape index (κ3) is 7.81. The van der Waals surface area contributed by atoms with E-state index in [1.807, 2.05) is 69.3 Å². The summed E-state index contributed by atoms with van der Waals surface area (Å²) in [5, 5.41) is 4.06. The maximum absolute atomic E-state index is 12.4. The lowest BCUT2D eigenvalue weighted by Gasteiger charge is -2.37. The van der Waals surface area contributed by atoms with Gasteiger partial charge in [0.1, 0.15) is 23.7 Å². The van der Waals surface area contributed by atoms with Crippen LogP contribution in [0.2, 0.25) is 0 Å². The predicted molar refractivity (Wildman–Crippen MR) is 163 cm³/mol. The average Bonchev–Trinajstić information content (AvgIpc) is 2.98. The van der Waals surface area contributed by atoms with Gasteiger partial charge in [0, 0.05) is 18.0 Å². The molecule has 1 aliphatic rings. The number of hydrogen-bond donors (Lipinski definition) is 0. The number of methoxy groups -OCH3 is 1. The van der Waals surface area contributed by atoms with Gasteiger partial charge in [0.25, 0.3) is 0 Å². The van der Waals surface area contributed by atoms with Crippen LogP contribution >= 0.6 is 0 Å². The number of hydroxylamine groups is 2. The highest BCUT2D eigenvalue weighted by Crippen LogP contribution is 2.33. The molecule has 1 heterocycles. The molecule has 1 aliphatic heterocycles. The molecule has 0 radical (unpaired) electrons. The molecular weight excluding hydrogens is 530 g/mol. The molecule has 7 nitrogen and oxygen atoms in total. The highest BCUT2D eigenvalue weighted by Gasteiger charge is 2.34. The monoisotopic (exact) mass is 569 g/mol. The van der Waals surface area contributed by atoms with E-state index in [4.69, 9.17) is 23.8 Å². The molecule has 5 rings (SSSR count). The molecule has 7 heteroatoms. The Morgan fingerprint density at radius 2 is 1.62 bits per heavy atom. The molecule has 2 unspecified atom stereocenters. The van der Waals surface area contributed by atoms with Crippen molar-refractivity contribution in [3.8, 4) is 11.5 Å². The first-order valence-corrected chi connectivity index (χ1v) is 14.4. The van der Waals surface area contributed by atoms with Gasteiger partial charge in [-0.1, -0.05) is 66.7 Å². The van der Waals surface area contributed by atoms with Crippen molar-refractivity contribution < 1.29 is 28.6 Å². The van der Waals surface area contributed by atoms with Gasteiger partial charge in [0.2, 0.25) is 0 Å². The maximum atomic E-state index is 12.4. The van der Waals surface area contributed by atoms with E-state index in [-0.39, 0.29) is 12.0 Å². The summed E-state index contributed by atoms with van der Waals surface area (Å²) in [6.45, 7) is 7.30. The van der Waals surface area contributed by atoms with E-state index in [9.17, 15) is 4.79 Å². The highest BCUT2D eigenvalue weighted by atomic mass is 16.8. The minimum atomic E-state index is -0.711. The number of carbonyl (C=O) groups is 1. The Hall–Kier alpha value is -4.07. The lowest BCUT2D eigenvalue weighted by molar-refractivity contribution is -0.179. The summed E-state index contributed by atoms with van der Waals surface area (Å²) in [5.74, 6) is 1.69. The van der Waals surface area contributed by atoms with Crippen LogP contribution in [0, 0.1) is 0 Å². The lowest BCUT2D eigenvalue weighted by Crippen LogP contribution is -2.45. The predicted octanol–water partition coefficient (Wildman–Crippen LogP) is 7.67. The van der Waals surface area contributed by atoms with Crippen LogP contribution in [0.15, 0.2) is 91.0 Å². The second kappa shape index (κ2) is 13.3. The molecule has 0 bridgehead atoms. The van der Waals surface area contributed by atoms with Gasteiger partial charge in [-0.2, -0.15) is 0 Å². The van der Waals surface area contributed by atoms with E-state index in [2.05, 4.69) is 42.5 Å². The Morgan fingerprint density at radius 1 is 0.881 bits per heavy atom. The zero-order valence-electron chi connectivity index (χ0n) is 24.7. The Bertz CT molecular complexity index is 1480. The maximum Gasteiger partial charge on any atom is 0.528 e. The van der Waals surface area contributed by atoms with Gasteiger partial charge in [0.05, 0.1) is 26.4 Å². The number of benzene rings is 4. The highest BCUT2D eigenvalue weighted by molar-refractivity contribution is 5.82. The van der Waals surface area contributed by atoms with Crippen LogP contribution in [0.1, 0.15) is 49.8 Å². The molecule has 4 aromatic carbocycles. The van der Waals surface area contributed by atoms with Gasteiger partial charge < -0.3 is 23.8 Å². The zero-order chi connectivity index (χ0) is 29.5. The molecule has 42 heavy (non-hydrogen) atoms. The fourth-order valence-electron chi connectivity index (χ4n) is 5.22. The van der Waals surface area contributed by atoms with Crippen molar-refractivity contribution in [3.63, 3.8) is 0 Å². The number of fused-ring (bicyclic) bond motifs is 1. The van der Waals surface area contributed by atoms with Crippen molar-refractivity contribution in [2.24, 2.45) is 0 Å². The first-order chi connectivity index (χ1) is 20.3. The molecule has 2 atom stereocenters. The fraction of sp³-hybridized carbons (Fsp3) is 0.343. The first kappa shape index (κ1) is 29.4. The molecule has 1 fully saturated rings. The molecule has 4 aromatic rings. The summed E-state index contributed by atoms with van der Waals surface area (Å²) in [6, 6.07) is 30.8. The second-order valence-corrected chi connectivity index (χ2v) is 11.5. The van der Waals surface area contributed by atoms with Gasteiger partial charge in [-0.05, 0) is 73.4 Å². The first-order valence-electron chi connectivity index (χ1n) is 14.4. The van der Waals surface area contributed by atoms with Crippen molar-refractivity contribution in [3.05, 3.63) is 108 Å². The van der Waals surface area contributed by atoms with Crippen LogP contribution in [0.4, 0.5) is 4.79 Å². The number of hydrogen-bond acceptors (Lipinski definition) is 7. The SMILES string of the molecule is COc1ccccc1COC1CN(OC(=O)OC(C)(C)C)CCC1c1ccc(OCc2ccc3ccccc3c2)cc1. The second-order valence-electron chi connectivity index (χ2n) is 11.5. The molecule has 0 saturated carbocycles. The summed E-state index contributed by atoms with van der Waals surface area (Å²) in [5.41, 5.74) is 2.60. The summed E-state index contributed by atoms with van der Waals surface area (Å²) in [4.78, 5) is 17.9. The van der Waals surface area contributed by atoms with Crippen LogP contribution in [0.5, 0.6) is 11.5 Å². The third-order valence-corrected chi connectivity index (χ3v) is 7.29. The summed E-state index contributed by atoms with van der Waals surface area (Å²) in [7, 11) is 1.66. The van der Waals surface area contributed by atoms with Crippen molar-refractivity contribution >= 4 is 16.9 Å². The van der Waals surface area contributed by atoms with Crippen molar-refractivity contribution in [2.75, 3.05) is 20.2 Å². The van der Waals surface area contributed by atoms with Gasteiger partial charge in [-0.3, -0.25) is 0 Å². The standard InChI is InChI=1S/C35H39NO6/c1-35(2,3)41-34(37)42-36-20-19-31(33(22-36)40-24-29-11-7-8-12-32(29)38-4)27-15-17-30(18-16-27)39-23-25-13-14-26-9-5-6-10-28(26)21-25/h5-18,21,31,33H,19-20,22-24H2,1-4H3. The van der Waals surface area contributed by atoms with Crippen LogP contribution in [-0.2, 0) is 27.5 Å². The average molecular weight is 570 g/mol. The molecule has 0 spiro atoms. The van der Waals surface area contributed by atoms with Crippen LogP contribution in [-0.4, -0.2) is 43.1 Å². The van der Waals surface area contributed by atoms with Crippen molar-refractivity contribution in [1.82, 2.24) is 5.06 Å². The quantitative estimate of drug-likeness (QED) is 0.192. The molecule has 0 aliphatic carbocycles. The molecule has 0 N–H and O–H groups in total. The van der Waals surface area contributed by atoms with Gasteiger partial charge in [0.15, 0.2) is 0 Å². The number of carbonyl (C=O) groups excluding carboxylic acids is 1. The van der Waals surface area contributed by atoms with Crippen molar-refractivity contribution in [1.29, 1.82) is 0 Å². The molecule has 0 aromatic heterocycles. The van der Waals surface area contributed by atoms with Crippen molar-refractivity contribution in [2.45, 2.75) is 58.0 Å². The smallest absolute Gasteiger partial charge is 0.496 e. The fourth-order valence-corrected chi connectivity index (χ4v) is 5.22. The third-order valence-electron chi connectivity index (χ3n) is 7.29. The normalized spacial score (nSPS) is 17.5. The van der Waals surface area contributed by atoms with Crippen LogP contribution < -0.4 is 9.47 Å². The number of ether oxygens (including phenoxy) is 4. The van der Waals surface area contributed by atoms with E-state index in [1.165, 1.54) is 10.8 Å². The number of nitrogens with zero attached hydrogens (tertiary/aromatic N) is 1. The Kier molecular flexibility index (Phi) is 9.30. The largest absolute Gasteiger partial charge is 0.528 e. The zero-order valence-corrected chi connectivity index (χ0v) is 24.7. The number of rotatable bonds is 9. The summed E-state index contributed by atoms with van der Waals surface area (Å²) in [6.07, 6.45) is -0.191. The van der Waals surface area contributed by atoms with E-state index < -0.39 is 11.8 Å². The minimum absolute atomic E-state index is 0.104. The van der Waals surface area contributed by atoms with Gasteiger partial charge in [-0.25, -0.2) is 4.79 Å². The van der Waals surface area contributed by atoms with E-state index in [0.29, 0.717) is 26.3 Å². The molecule has 1 saturated heterocycles. The molecule has 220 valence electrons. The molecular formula is C35H39NO6. The molecule has 0 amide bonds. The van der Waals surface area contributed by atoms with E-state index >= 15 is 0 Å². The topological polar surface area (TPSA) is 66.5 Å². The lowest BCUT2D eigenvalue weighted by atomic mass is 9.87. The van der Waals surface area contributed by atoms with E-state index in [0.717, 1.165) is 34.6 Å². The van der Waals surface area contributed by atoms with Gasteiger partial charge >= 0.3 is 6.16 Å².